The predicted octanol–water partition coefficient (Wildman–Crippen LogP) is 5.79. The molecule has 1 aliphatic carbocycles. The molecule has 0 radical (unpaired) electrons. The first-order valence-electron chi connectivity index (χ1n) is 10.8. The van der Waals surface area contributed by atoms with Gasteiger partial charge in [-0.05, 0) is 86.7 Å². The molecule has 0 saturated heterocycles. The topological polar surface area (TPSA) is 53.4 Å². The Morgan fingerprint density at radius 2 is 1.77 bits per heavy atom. The minimum atomic E-state index is -0.460. The van der Waals surface area contributed by atoms with Crippen LogP contribution in [0.15, 0.2) is 34.9 Å². The SMILES string of the molecule is Cc1c(-c2ccccc2)c(Br)nn1CC1CCC(COCC(=O)OC(C)(C)C)CC1. The number of carbonyl (C=O) groups excluding carboxylic acids is 1. The first-order valence-corrected chi connectivity index (χ1v) is 11.6. The molecule has 0 amide bonds. The van der Waals surface area contributed by atoms with E-state index in [-0.39, 0.29) is 12.6 Å². The van der Waals surface area contributed by atoms with Gasteiger partial charge in [0.2, 0.25) is 0 Å². The average Bonchev–Trinajstić information content (AvgIpc) is 2.95. The van der Waals surface area contributed by atoms with Gasteiger partial charge in [0.05, 0.1) is 6.61 Å². The number of benzene rings is 1. The van der Waals surface area contributed by atoms with Crippen molar-refractivity contribution in [2.75, 3.05) is 13.2 Å². The lowest BCUT2D eigenvalue weighted by atomic mass is 9.82. The van der Waals surface area contributed by atoms with Crippen molar-refractivity contribution in [2.24, 2.45) is 11.8 Å². The van der Waals surface area contributed by atoms with Crippen molar-refractivity contribution in [2.45, 2.75) is 65.5 Å². The summed E-state index contributed by atoms with van der Waals surface area (Å²) in [6.07, 6.45) is 4.59. The van der Waals surface area contributed by atoms with Gasteiger partial charge in [0, 0.05) is 17.8 Å². The van der Waals surface area contributed by atoms with Crippen LogP contribution in [-0.4, -0.2) is 34.6 Å². The molecule has 1 saturated carbocycles. The van der Waals surface area contributed by atoms with Crippen molar-refractivity contribution < 1.29 is 14.3 Å². The summed E-state index contributed by atoms with van der Waals surface area (Å²) in [4.78, 5) is 11.8. The smallest absolute Gasteiger partial charge is 0.332 e. The van der Waals surface area contributed by atoms with Crippen molar-refractivity contribution in [1.29, 1.82) is 0 Å². The van der Waals surface area contributed by atoms with Crippen LogP contribution in [0.5, 0.6) is 0 Å². The standard InChI is InChI=1S/C24H33BrN2O3/c1-17-22(20-8-6-5-7-9-20)23(25)26-27(17)14-18-10-12-19(13-11-18)15-29-16-21(28)30-24(2,3)4/h5-9,18-19H,10-16H2,1-4H3. The van der Waals surface area contributed by atoms with Gasteiger partial charge in [-0.25, -0.2) is 4.79 Å². The highest BCUT2D eigenvalue weighted by Gasteiger charge is 2.24. The summed E-state index contributed by atoms with van der Waals surface area (Å²) in [5, 5.41) is 4.76. The third-order valence-corrected chi connectivity index (χ3v) is 6.17. The van der Waals surface area contributed by atoms with Crippen LogP contribution in [0, 0.1) is 18.8 Å². The molecule has 1 aromatic carbocycles. The molecule has 1 aromatic heterocycles. The number of halogens is 1. The van der Waals surface area contributed by atoms with E-state index in [4.69, 9.17) is 14.6 Å². The van der Waals surface area contributed by atoms with E-state index in [2.05, 4.69) is 51.8 Å². The molecule has 30 heavy (non-hydrogen) atoms. The number of hydrogen-bond donors (Lipinski definition) is 0. The van der Waals surface area contributed by atoms with E-state index in [1.807, 2.05) is 26.8 Å². The van der Waals surface area contributed by atoms with Crippen molar-refractivity contribution in [1.82, 2.24) is 9.78 Å². The van der Waals surface area contributed by atoms with Crippen LogP contribution >= 0.6 is 15.9 Å². The highest BCUT2D eigenvalue weighted by atomic mass is 79.9. The summed E-state index contributed by atoms with van der Waals surface area (Å²) in [6, 6.07) is 10.4. The second-order valence-corrected chi connectivity index (χ2v) is 10.0. The van der Waals surface area contributed by atoms with Crippen LogP contribution in [0.3, 0.4) is 0 Å². The van der Waals surface area contributed by atoms with E-state index < -0.39 is 5.60 Å². The van der Waals surface area contributed by atoms with Gasteiger partial charge < -0.3 is 9.47 Å². The van der Waals surface area contributed by atoms with Gasteiger partial charge in [-0.2, -0.15) is 5.10 Å². The van der Waals surface area contributed by atoms with E-state index in [1.165, 1.54) is 16.8 Å². The molecule has 2 aromatic rings. The molecular formula is C24H33BrN2O3. The van der Waals surface area contributed by atoms with Crippen molar-refractivity contribution in [3.8, 4) is 11.1 Å². The Morgan fingerprint density at radius 3 is 2.40 bits per heavy atom. The summed E-state index contributed by atoms with van der Waals surface area (Å²) in [7, 11) is 0. The van der Waals surface area contributed by atoms with Gasteiger partial charge in [-0.15, -0.1) is 0 Å². The zero-order chi connectivity index (χ0) is 21.7. The van der Waals surface area contributed by atoms with Crippen molar-refractivity contribution in [3.63, 3.8) is 0 Å². The molecule has 1 fully saturated rings. The summed E-state index contributed by atoms with van der Waals surface area (Å²) < 4.78 is 14.0. The van der Waals surface area contributed by atoms with Gasteiger partial charge in [-0.1, -0.05) is 30.3 Å². The van der Waals surface area contributed by atoms with Crippen molar-refractivity contribution in [3.05, 3.63) is 40.6 Å². The molecule has 0 unspecified atom stereocenters. The maximum absolute atomic E-state index is 11.8. The second-order valence-electron chi connectivity index (χ2n) is 9.29. The van der Waals surface area contributed by atoms with Gasteiger partial charge >= 0.3 is 5.97 Å². The van der Waals surface area contributed by atoms with Crippen LogP contribution in [0.4, 0.5) is 0 Å². The highest BCUT2D eigenvalue weighted by Crippen LogP contribution is 2.34. The quantitative estimate of drug-likeness (QED) is 0.474. The van der Waals surface area contributed by atoms with Crippen molar-refractivity contribution >= 4 is 21.9 Å². The number of ether oxygens (including phenoxy) is 2. The lowest BCUT2D eigenvalue weighted by molar-refractivity contribution is -0.160. The molecule has 1 heterocycles. The van der Waals surface area contributed by atoms with Crippen LogP contribution in [0.25, 0.3) is 11.1 Å². The fraction of sp³-hybridized carbons (Fsp3) is 0.583. The minimum Gasteiger partial charge on any atom is -0.458 e. The van der Waals surface area contributed by atoms with E-state index in [9.17, 15) is 4.79 Å². The largest absolute Gasteiger partial charge is 0.458 e. The normalized spacial score (nSPS) is 19.6. The average molecular weight is 477 g/mol. The minimum absolute atomic E-state index is 0.0416. The van der Waals surface area contributed by atoms with Crippen LogP contribution in [0.1, 0.15) is 52.1 Å². The fourth-order valence-electron chi connectivity index (χ4n) is 4.13. The first kappa shape index (κ1) is 23.0. The predicted molar refractivity (Wildman–Crippen MR) is 122 cm³/mol. The Hall–Kier alpha value is -1.66. The number of carbonyl (C=O) groups is 1. The Morgan fingerprint density at radius 1 is 1.13 bits per heavy atom. The maximum Gasteiger partial charge on any atom is 0.332 e. The van der Waals surface area contributed by atoms with E-state index in [1.54, 1.807) is 0 Å². The number of aromatic nitrogens is 2. The summed E-state index contributed by atoms with van der Waals surface area (Å²) in [5.41, 5.74) is 3.12. The molecular weight excluding hydrogens is 444 g/mol. The molecule has 164 valence electrons. The number of rotatable bonds is 7. The maximum atomic E-state index is 11.8. The molecule has 0 atom stereocenters. The molecule has 0 N–H and O–H groups in total. The Bertz CT molecular complexity index is 834. The lowest BCUT2D eigenvalue weighted by Gasteiger charge is -2.28. The zero-order valence-corrected chi connectivity index (χ0v) is 20.1. The summed E-state index contributed by atoms with van der Waals surface area (Å²) in [5.74, 6) is 0.861. The number of esters is 1. The molecule has 5 nitrogen and oxygen atoms in total. The number of hydrogen-bond acceptors (Lipinski definition) is 4. The first-order chi connectivity index (χ1) is 14.2. The summed E-state index contributed by atoms with van der Waals surface area (Å²) >= 11 is 3.65. The highest BCUT2D eigenvalue weighted by molar-refractivity contribution is 9.10. The van der Waals surface area contributed by atoms with Crippen LogP contribution < -0.4 is 0 Å². The van der Waals surface area contributed by atoms with Gasteiger partial charge in [0.25, 0.3) is 0 Å². The van der Waals surface area contributed by atoms with Gasteiger partial charge in [0.15, 0.2) is 0 Å². The second kappa shape index (κ2) is 10.1. The monoisotopic (exact) mass is 476 g/mol. The summed E-state index contributed by atoms with van der Waals surface area (Å²) in [6.45, 7) is 9.38. The Kier molecular flexibility index (Phi) is 7.75. The fourth-order valence-corrected chi connectivity index (χ4v) is 4.83. The lowest BCUT2D eigenvalue weighted by Crippen LogP contribution is -2.28. The van der Waals surface area contributed by atoms with Gasteiger partial charge in [0.1, 0.15) is 16.8 Å². The molecule has 0 aliphatic heterocycles. The van der Waals surface area contributed by atoms with E-state index in [0.29, 0.717) is 18.4 Å². The Labute approximate surface area is 188 Å². The molecule has 6 heteroatoms. The molecule has 3 rings (SSSR count). The third kappa shape index (κ3) is 6.42. The van der Waals surface area contributed by atoms with Crippen LogP contribution in [0.2, 0.25) is 0 Å². The van der Waals surface area contributed by atoms with E-state index in [0.717, 1.165) is 36.8 Å². The molecule has 0 bridgehead atoms. The zero-order valence-electron chi connectivity index (χ0n) is 18.5. The van der Waals surface area contributed by atoms with Gasteiger partial charge in [-0.3, -0.25) is 4.68 Å². The Balaban J connectivity index is 1.46. The third-order valence-electron chi connectivity index (χ3n) is 5.62. The van der Waals surface area contributed by atoms with E-state index >= 15 is 0 Å². The molecule has 1 aliphatic rings. The van der Waals surface area contributed by atoms with Crippen LogP contribution in [-0.2, 0) is 20.8 Å². The number of nitrogens with zero attached hydrogens (tertiary/aromatic N) is 2. The molecule has 0 spiro atoms.